The van der Waals surface area contributed by atoms with E-state index in [0.717, 1.165) is 19.3 Å². The van der Waals surface area contributed by atoms with Gasteiger partial charge in [-0.3, -0.25) is 0 Å². The van der Waals surface area contributed by atoms with Gasteiger partial charge in [0, 0.05) is 12.7 Å². The summed E-state index contributed by atoms with van der Waals surface area (Å²) in [6, 6.07) is 0. The molecule has 0 aliphatic carbocycles. The molecule has 0 aliphatic heterocycles. The molecular weight excluding hydrogens is 192 g/mol. The maximum Gasteiger partial charge on any atom is 0.330 e. The average molecular weight is 214 g/mol. The van der Waals surface area contributed by atoms with E-state index < -0.39 is 0 Å². The molecular formula is C12H22O3. The van der Waals surface area contributed by atoms with Crippen molar-refractivity contribution in [1.82, 2.24) is 0 Å². The maximum absolute atomic E-state index is 10.9. The van der Waals surface area contributed by atoms with Gasteiger partial charge in [0.15, 0.2) is 0 Å². The van der Waals surface area contributed by atoms with E-state index in [1.54, 1.807) is 0 Å². The summed E-state index contributed by atoms with van der Waals surface area (Å²) in [5.74, 6) is 0.286. The first-order chi connectivity index (χ1) is 7.17. The lowest BCUT2D eigenvalue weighted by Crippen LogP contribution is -2.17. The molecule has 0 radical (unpaired) electrons. The van der Waals surface area contributed by atoms with Gasteiger partial charge >= 0.3 is 5.97 Å². The van der Waals surface area contributed by atoms with Crippen LogP contribution >= 0.6 is 0 Å². The highest BCUT2D eigenvalue weighted by Crippen LogP contribution is 2.18. The van der Waals surface area contributed by atoms with Crippen LogP contribution in [0.4, 0.5) is 0 Å². The molecule has 2 atom stereocenters. The Labute approximate surface area is 92.1 Å². The molecule has 88 valence electrons. The zero-order chi connectivity index (χ0) is 11.7. The monoisotopic (exact) mass is 214 g/mol. The van der Waals surface area contributed by atoms with Crippen LogP contribution in [0, 0.1) is 11.8 Å². The minimum absolute atomic E-state index is 0.211. The minimum atomic E-state index is -0.370. The number of ether oxygens (including phenoxy) is 1. The highest BCUT2D eigenvalue weighted by Gasteiger charge is 2.14. The molecule has 0 saturated heterocycles. The zero-order valence-electron chi connectivity index (χ0n) is 9.74. The summed E-state index contributed by atoms with van der Waals surface area (Å²) in [6.45, 7) is 8.11. The molecule has 2 unspecified atom stereocenters. The van der Waals surface area contributed by atoms with Gasteiger partial charge in [-0.25, -0.2) is 4.79 Å². The van der Waals surface area contributed by atoms with E-state index >= 15 is 0 Å². The predicted molar refractivity (Wildman–Crippen MR) is 60.4 cm³/mol. The summed E-state index contributed by atoms with van der Waals surface area (Å²) >= 11 is 0. The fourth-order valence-corrected chi connectivity index (χ4v) is 1.45. The van der Waals surface area contributed by atoms with Gasteiger partial charge in [0.25, 0.3) is 0 Å². The van der Waals surface area contributed by atoms with Gasteiger partial charge in [-0.05, 0) is 18.3 Å². The number of esters is 1. The first-order valence-corrected chi connectivity index (χ1v) is 5.57. The topological polar surface area (TPSA) is 46.5 Å². The van der Waals surface area contributed by atoms with Crippen molar-refractivity contribution in [3.8, 4) is 0 Å². The lowest BCUT2D eigenvalue weighted by molar-refractivity contribution is -0.139. The third-order valence-corrected chi connectivity index (χ3v) is 2.71. The molecule has 0 fully saturated rings. The molecule has 0 bridgehead atoms. The highest BCUT2D eigenvalue weighted by atomic mass is 16.5. The first-order valence-electron chi connectivity index (χ1n) is 5.57. The van der Waals surface area contributed by atoms with E-state index in [9.17, 15) is 4.79 Å². The Kier molecular flexibility index (Phi) is 8.01. The minimum Gasteiger partial charge on any atom is -0.462 e. The number of aliphatic hydroxyl groups excluding tert-OH is 1. The molecule has 15 heavy (non-hydrogen) atoms. The van der Waals surface area contributed by atoms with Gasteiger partial charge in [-0.1, -0.05) is 33.3 Å². The van der Waals surface area contributed by atoms with Crippen LogP contribution in [-0.2, 0) is 9.53 Å². The van der Waals surface area contributed by atoms with E-state index in [2.05, 4.69) is 20.4 Å². The first kappa shape index (κ1) is 14.2. The van der Waals surface area contributed by atoms with E-state index in [1.807, 2.05) is 0 Å². The predicted octanol–water partition coefficient (Wildman–Crippen LogP) is 2.15. The van der Waals surface area contributed by atoms with Crippen molar-refractivity contribution in [2.45, 2.75) is 33.1 Å². The second-order valence-corrected chi connectivity index (χ2v) is 3.80. The summed E-state index contributed by atoms with van der Waals surface area (Å²) in [5, 5.41) is 9.07. The van der Waals surface area contributed by atoms with Crippen molar-refractivity contribution in [1.29, 1.82) is 0 Å². The van der Waals surface area contributed by atoms with Crippen molar-refractivity contribution in [3.05, 3.63) is 12.7 Å². The van der Waals surface area contributed by atoms with E-state index in [4.69, 9.17) is 9.84 Å². The van der Waals surface area contributed by atoms with Crippen LogP contribution in [0.3, 0.4) is 0 Å². The average Bonchev–Trinajstić information content (AvgIpc) is 2.29. The third kappa shape index (κ3) is 6.28. The molecule has 1 N–H and O–H groups in total. The molecule has 0 aromatic rings. The van der Waals surface area contributed by atoms with Crippen LogP contribution in [0.1, 0.15) is 33.1 Å². The fraction of sp³-hybridized carbons (Fsp3) is 0.750. The number of hydrogen-bond donors (Lipinski definition) is 1. The van der Waals surface area contributed by atoms with Crippen LogP contribution in [0.15, 0.2) is 12.7 Å². The third-order valence-electron chi connectivity index (χ3n) is 2.71. The Morgan fingerprint density at radius 1 is 1.40 bits per heavy atom. The van der Waals surface area contributed by atoms with Crippen molar-refractivity contribution in [2.24, 2.45) is 11.8 Å². The summed E-state index contributed by atoms with van der Waals surface area (Å²) < 4.78 is 5.00. The van der Waals surface area contributed by atoms with Gasteiger partial charge in [0.05, 0.1) is 6.61 Å². The molecule has 0 saturated carbocycles. The lowest BCUT2D eigenvalue weighted by Gasteiger charge is -2.19. The smallest absolute Gasteiger partial charge is 0.330 e. The van der Waals surface area contributed by atoms with Gasteiger partial charge in [-0.15, -0.1) is 0 Å². The van der Waals surface area contributed by atoms with Crippen molar-refractivity contribution in [3.63, 3.8) is 0 Å². The Bertz CT molecular complexity index is 185. The van der Waals surface area contributed by atoms with Crippen LogP contribution in [0.2, 0.25) is 0 Å². The molecule has 3 nitrogen and oxygen atoms in total. The van der Waals surface area contributed by atoms with Gasteiger partial charge in [-0.2, -0.15) is 0 Å². The number of carbonyl (C=O) groups is 1. The summed E-state index contributed by atoms with van der Waals surface area (Å²) in [5.41, 5.74) is 0. The fourth-order valence-electron chi connectivity index (χ4n) is 1.45. The number of aliphatic hydroxyl groups is 1. The summed E-state index contributed by atoms with van der Waals surface area (Å²) in [6.07, 6.45) is 4.01. The number of hydrogen-bond acceptors (Lipinski definition) is 3. The largest absolute Gasteiger partial charge is 0.462 e. The maximum atomic E-state index is 10.9. The summed E-state index contributed by atoms with van der Waals surface area (Å²) in [7, 11) is 0. The van der Waals surface area contributed by atoms with Gasteiger partial charge in [0.2, 0.25) is 0 Å². The molecule has 0 spiro atoms. The molecule has 0 aromatic heterocycles. The molecule has 0 rings (SSSR count). The van der Waals surface area contributed by atoms with Crippen molar-refractivity contribution in [2.75, 3.05) is 13.2 Å². The van der Waals surface area contributed by atoms with E-state index in [0.29, 0.717) is 18.4 Å². The molecule has 3 heteroatoms. The van der Waals surface area contributed by atoms with Crippen molar-refractivity contribution >= 4 is 5.97 Å². The van der Waals surface area contributed by atoms with Crippen LogP contribution in [0.5, 0.6) is 0 Å². The summed E-state index contributed by atoms with van der Waals surface area (Å²) in [4.78, 5) is 10.9. The standard InChI is InChI=1S/C12H22O3/c1-4-10(8-13)7-11(5-2)9-15-12(14)6-3/h6,10-11,13H,3-5,7-9H2,1-2H3. The number of rotatable bonds is 8. The second-order valence-electron chi connectivity index (χ2n) is 3.80. The Morgan fingerprint density at radius 3 is 2.40 bits per heavy atom. The van der Waals surface area contributed by atoms with Gasteiger partial charge < -0.3 is 9.84 Å². The van der Waals surface area contributed by atoms with Crippen LogP contribution < -0.4 is 0 Å². The second kappa shape index (κ2) is 8.48. The van der Waals surface area contributed by atoms with E-state index in [-0.39, 0.29) is 12.6 Å². The van der Waals surface area contributed by atoms with E-state index in [1.165, 1.54) is 6.08 Å². The number of carbonyl (C=O) groups excluding carboxylic acids is 1. The van der Waals surface area contributed by atoms with Crippen LogP contribution in [0.25, 0.3) is 0 Å². The molecule has 0 heterocycles. The Morgan fingerprint density at radius 2 is 2.00 bits per heavy atom. The van der Waals surface area contributed by atoms with Crippen molar-refractivity contribution < 1.29 is 14.6 Å². The molecule has 0 aliphatic rings. The normalized spacial score (nSPS) is 14.3. The SMILES string of the molecule is C=CC(=O)OCC(CC)CC(CC)CO. The molecule has 0 amide bonds. The quantitative estimate of drug-likeness (QED) is 0.497. The Hall–Kier alpha value is -0.830. The molecule has 0 aromatic carbocycles. The highest BCUT2D eigenvalue weighted by molar-refractivity contribution is 5.81. The van der Waals surface area contributed by atoms with Gasteiger partial charge in [0.1, 0.15) is 0 Å². The zero-order valence-corrected chi connectivity index (χ0v) is 9.74. The lowest BCUT2D eigenvalue weighted by atomic mass is 9.92. The van der Waals surface area contributed by atoms with Crippen LogP contribution in [-0.4, -0.2) is 24.3 Å². The Balaban J connectivity index is 3.90.